The topological polar surface area (TPSA) is 116 Å². The molecule has 2 atom stereocenters. The molecule has 1 aliphatic rings. The Morgan fingerprint density at radius 1 is 1.14 bits per heavy atom. The first-order valence-corrected chi connectivity index (χ1v) is 10.3. The summed E-state index contributed by atoms with van der Waals surface area (Å²) in [5.74, 6) is -0.722. The molecular weight excluding hydrogens is 400 g/mol. The van der Waals surface area contributed by atoms with Crippen LogP contribution in [0.3, 0.4) is 0 Å². The van der Waals surface area contributed by atoms with Gasteiger partial charge in [-0.05, 0) is 44.2 Å². The number of non-ortho nitro benzene ring substituents is 1. The lowest BCUT2D eigenvalue weighted by molar-refractivity contribution is -0.384. The van der Waals surface area contributed by atoms with Crippen LogP contribution in [0.25, 0.3) is 0 Å². The minimum absolute atomic E-state index is 0.0252. The molecule has 1 saturated heterocycles. The van der Waals surface area contributed by atoms with Crippen LogP contribution >= 0.6 is 0 Å². The highest BCUT2D eigenvalue weighted by molar-refractivity contribution is 7.89. The van der Waals surface area contributed by atoms with Gasteiger partial charge in [0.05, 0.1) is 33.7 Å². The fourth-order valence-corrected chi connectivity index (χ4v) is 4.66. The van der Waals surface area contributed by atoms with Crippen LogP contribution in [0.1, 0.15) is 24.2 Å². The SMILES string of the molecule is CC1CN(S(=O)(=O)c2ccc(C(=O)Oc3cccc([N+](=O)[O-])c3)cc2)CC(C)O1. The number of nitro groups is 1. The van der Waals surface area contributed by atoms with E-state index in [0.717, 1.165) is 6.07 Å². The molecule has 0 saturated carbocycles. The van der Waals surface area contributed by atoms with Crippen molar-refractivity contribution in [1.29, 1.82) is 0 Å². The van der Waals surface area contributed by atoms with Crippen LogP contribution in [0.15, 0.2) is 53.4 Å². The molecule has 0 aliphatic carbocycles. The Balaban J connectivity index is 1.75. The minimum Gasteiger partial charge on any atom is -0.423 e. The first kappa shape index (κ1) is 20.9. The van der Waals surface area contributed by atoms with E-state index in [1.807, 2.05) is 13.8 Å². The molecule has 10 heteroatoms. The summed E-state index contributed by atoms with van der Waals surface area (Å²) >= 11 is 0. The molecule has 0 radical (unpaired) electrons. The molecule has 2 unspecified atom stereocenters. The lowest BCUT2D eigenvalue weighted by Gasteiger charge is -2.34. The molecule has 29 heavy (non-hydrogen) atoms. The zero-order valence-corrected chi connectivity index (χ0v) is 16.7. The molecule has 1 heterocycles. The fourth-order valence-electron chi connectivity index (χ4n) is 3.07. The third-order valence-corrected chi connectivity index (χ3v) is 6.20. The van der Waals surface area contributed by atoms with Crippen molar-refractivity contribution >= 4 is 21.7 Å². The van der Waals surface area contributed by atoms with Gasteiger partial charge in [0.15, 0.2) is 0 Å². The minimum atomic E-state index is -3.72. The molecular formula is C19H20N2O7S. The number of carbonyl (C=O) groups excluding carboxylic acids is 1. The normalized spacial score (nSPS) is 20.2. The molecule has 3 rings (SSSR count). The number of hydrogen-bond donors (Lipinski definition) is 0. The molecule has 154 valence electrons. The number of esters is 1. The largest absolute Gasteiger partial charge is 0.423 e. The number of rotatable bonds is 5. The van der Waals surface area contributed by atoms with E-state index in [1.54, 1.807) is 0 Å². The second kappa shape index (κ2) is 8.27. The van der Waals surface area contributed by atoms with Crippen molar-refractivity contribution in [2.45, 2.75) is 31.0 Å². The van der Waals surface area contributed by atoms with Crippen LogP contribution in [0.2, 0.25) is 0 Å². The number of nitro benzene ring substituents is 1. The number of hydrogen-bond acceptors (Lipinski definition) is 7. The van der Waals surface area contributed by atoms with Crippen LogP contribution in [-0.4, -0.2) is 48.9 Å². The molecule has 0 bridgehead atoms. The zero-order chi connectivity index (χ0) is 21.2. The lowest BCUT2D eigenvalue weighted by atomic mass is 10.2. The van der Waals surface area contributed by atoms with Gasteiger partial charge in [-0.15, -0.1) is 0 Å². The highest BCUT2D eigenvalue weighted by atomic mass is 32.2. The van der Waals surface area contributed by atoms with Crippen molar-refractivity contribution in [2.24, 2.45) is 0 Å². The van der Waals surface area contributed by atoms with Gasteiger partial charge in [0.1, 0.15) is 5.75 Å². The Bertz CT molecular complexity index is 1010. The maximum Gasteiger partial charge on any atom is 0.343 e. The summed E-state index contributed by atoms with van der Waals surface area (Å²) in [7, 11) is -3.72. The fraction of sp³-hybridized carbons (Fsp3) is 0.316. The molecule has 2 aromatic carbocycles. The van der Waals surface area contributed by atoms with Gasteiger partial charge in [0.2, 0.25) is 10.0 Å². The van der Waals surface area contributed by atoms with Gasteiger partial charge in [-0.1, -0.05) is 6.07 Å². The van der Waals surface area contributed by atoms with E-state index < -0.39 is 20.9 Å². The Labute approximate surface area is 168 Å². The van der Waals surface area contributed by atoms with Gasteiger partial charge in [-0.25, -0.2) is 13.2 Å². The molecule has 0 amide bonds. The highest BCUT2D eigenvalue weighted by Gasteiger charge is 2.32. The summed E-state index contributed by atoms with van der Waals surface area (Å²) in [6.07, 6.45) is -0.421. The molecule has 0 spiro atoms. The molecule has 1 aliphatic heterocycles. The van der Waals surface area contributed by atoms with E-state index in [2.05, 4.69) is 0 Å². The Morgan fingerprint density at radius 3 is 2.34 bits per heavy atom. The van der Waals surface area contributed by atoms with Crippen LogP contribution in [0.5, 0.6) is 5.75 Å². The van der Waals surface area contributed by atoms with Gasteiger partial charge in [-0.2, -0.15) is 4.31 Å². The van der Waals surface area contributed by atoms with Crippen molar-refractivity contribution in [1.82, 2.24) is 4.31 Å². The third kappa shape index (κ3) is 4.78. The summed E-state index contributed by atoms with van der Waals surface area (Å²) in [5, 5.41) is 10.8. The monoisotopic (exact) mass is 420 g/mol. The number of benzene rings is 2. The zero-order valence-electron chi connectivity index (χ0n) is 15.8. The van der Waals surface area contributed by atoms with Gasteiger partial charge >= 0.3 is 5.97 Å². The quantitative estimate of drug-likeness (QED) is 0.316. The van der Waals surface area contributed by atoms with E-state index in [9.17, 15) is 23.3 Å². The first-order valence-electron chi connectivity index (χ1n) is 8.89. The van der Waals surface area contributed by atoms with Crippen LogP contribution in [0, 0.1) is 10.1 Å². The molecule has 1 fully saturated rings. The van der Waals surface area contributed by atoms with E-state index in [4.69, 9.17) is 9.47 Å². The standard InChI is InChI=1S/C19H20N2O7S/c1-13-11-20(12-14(2)27-13)29(25,26)18-8-6-15(7-9-18)19(22)28-17-5-3-4-16(10-17)21(23)24/h3-10,13-14H,11-12H2,1-2H3. The van der Waals surface area contributed by atoms with Crippen molar-refractivity contribution in [3.63, 3.8) is 0 Å². The number of nitrogens with zero attached hydrogens (tertiary/aromatic N) is 2. The van der Waals surface area contributed by atoms with Crippen molar-refractivity contribution in [3.8, 4) is 5.75 Å². The Hall–Kier alpha value is -2.82. The van der Waals surface area contributed by atoms with Gasteiger partial charge < -0.3 is 9.47 Å². The van der Waals surface area contributed by atoms with Crippen LogP contribution in [0.4, 0.5) is 5.69 Å². The smallest absolute Gasteiger partial charge is 0.343 e. The lowest BCUT2D eigenvalue weighted by Crippen LogP contribution is -2.48. The molecule has 2 aromatic rings. The van der Waals surface area contributed by atoms with E-state index in [1.165, 1.54) is 46.8 Å². The average Bonchev–Trinajstić information content (AvgIpc) is 2.67. The van der Waals surface area contributed by atoms with Gasteiger partial charge in [0, 0.05) is 19.2 Å². The first-order chi connectivity index (χ1) is 13.7. The second-order valence-electron chi connectivity index (χ2n) is 6.75. The van der Waals surface area contributed by atoms with Gasteiger partial charge in [-0.3, -0.25) is 10.1 Å². The Kier molecular flexibility index (Phi) is 5.96. The molecule has 0 N–H and O–H groups in total. The van der Waals surface area contributed by atoms with Gasteiger partial charge in [0.25, 0.3) is 5.69 Å². The third-order valence-electron chi connectivity index (χ3n) is 4.35. The van der Waals surface area contributed by atoms with Crippen LogP contribution in [-0.2, 0) is 14.8 Å². The average molecular weight is 420 g/mol. The summed E-state index contributed by atoms with van der Waals surface area (Å²) in [4.78, 5) is 22.6. The number of sulfonamides is 1. The van der Waals surface area contributed by atoms with E-state index >= 15 is 0 Å². The summed E-state index contributed by atoms with van der Waals surface area (Å²) < 4.78 is 37.8. The van der Waals surface area contributed by atoms with Crippen molar-refractivity contribution < 1.29 is 27.6 Å². The summed E-state index contributed by atoms with van der Waals surface area (Å²) in [5.41, 5.74) is -0.0788. The van der Waals surface area contributed by atoms with E-state index in [0.29, 0.717) is 0 Å². The molecule has 0 aromatic heterocycles. The van der Waals surface area contributed by atoms with Crippen molar-refractivity contribution in [3.05, 3.63) is 64.2 Å². The van der Waals surface area contributed by atoms with E-state index in [-0.39, 0.29) is 47.2 Å². The molecule has 9 nitrogen and oxygen atoms in total. The number of ether oxygens (including phenoxy) is 2. The van der Waals surface area contributed by atoms with Crippen LogP contribution < -0.4 is 4.74 Å². The van der Waals surface area contributed by atoms with Crippen molar-refractivity contribution in [2.75, 3.05) is 13.1 Å². The highest BCUT2D eigenvalue weighted by Crippen LogP contribution is 2.23. The second-order valence-corrected chi connectivity index (χ2v) is 8.69. The Morgan fingerprint density at radius 2 is 1.76 bits per heavy atom. The number of morpholine rings is 1. The summed E-state index contributed by atoms with van der Waals surface area (Å²) in [6, 6.07) is 10.6. The maximum atomic E-state index is 12.8. The predicted octanol–water partition coefficient (Wildman–Crippen LogP) is 2.61. The maximum absolute atomic E-state index is 12.8. The predicted molar refractivity (Wildman–Crippen MR) is 103 cm³/mol. The summed E-state index contributed by atoms with van der Waals surface area (Å²) in [6.45, 7) is 4.13. The number of carbonyl (C=O) groups is 1.